The molecule has 0 amide bonds. The molecular formula is C16H25N3OS. The summed E-state index contributed by atoms with van der Waals surface area (Å²) in [5.41, 5.74) is 9.36. The number of ether oxygens (including phenoxy) is 1. The largest absolute Gasteiger partial charge is 0.389 e. The van der Waals surface area contributed by atoms with Crippen LogP contribution >= 0.6 is 12.2 Å². The third-order valence-electron chi connectivity index (χ3n) is 4.10. The van der Waals surface area contributed by atoms with Gasteiger partial charge in [-0.05, 0) is 51.2 Å². The maximum atomic E-state index is 5.95. The Balaban J connectivity index is 2.46. The number of hydrogen-bond acceptors (Lipinski definition) is 4. The number of aromatic nitrogens is 1. The minimum absolute atomic E-state index is 0.238. The zero-order chi connectivity index (χ0) is 15.4. The number of nitrogens with zero attached hydrogens (tertiary/aromatic N) is 2. The van der Waals surface area contributed by atoms with E-state index in [1.54, 1.807) is 7.11 Å². The SMILES string of the molecule is CCN(c1nc2c(cc1C(N)=S)CCCC2)C(C)COC. The van der Waals surface area contributed by atoms with Crippen molar-refractivity contribution in [2.75, 3.05) is 25.2 Å². The molecule has 116 valence electrons. The molecule has 0 fully saturated rings. The molecule has 1 heterocycles. The molecule has 21 heavy (non-hydrogen) atoms. The molecule has 1 aliphatic rings. The Morgan fingerprint density at radius 3 is 2.81 bits per heavy atom. The van der Waals surface area contributed by atoms with Crippen LogP contribution in [0.2, 0.25) is 0 Å². The predicted molar refractivity (Wildman–Crippen MR) is 91.1 cm³/mol. The highest BCUT2D eigenvalue weighted by atomic mass is 32.1. The number of likely N-dealkylation sites (N-methyl/N-ethyl adjacent to an activating group) is 1. The Hall–Kier alpha value is -1.20. The molecule has 1 aromatic rings. The average Bonchev–Trinajstić information content (AvgIpc) is 2.47. The van der Waals surface area contributed by atoms with Crippen LogP contribution in [0.3, 0.4) is 0 Å². The van der Waals surface area contributed by atoms with E-state index in [0.29, 0.717) is 11.6 Å². The van der Waals surface area contributed by atoms with Crippen LogP contribution in [-0.2, 0) is 17.6 Å². The molecule has 1 unspecified atom stereocenters. The summed E-state index contributed by atoms with van der Waals surface area (Å²) in [6, 6.07) is 2.39. The van der Waals surface area contributed by atoms with Gasteiger partial charge in [0, 0.05) is 19.3 Å². The number of aryl methyl sites for hydroxylation is 2. The van der Waals surface area contributed by atoms with Gasteiger partial charge in [-0.15, -0.1) is 0 Å². The van der Waals surface area contributed by atoms with Gasteiger partial charge in [0.15, 0.2) is 0 Å². The van der Waals surface area contributed by atoms with E-state index >= 15 is 0 Å². The minimum Gasteiger partial charge on any atom is -0.389 e. The van der Waals surface area contributed by atoms with Crippen molar-refractivity contribution in [3.63, 3.8) is 0 Å². The summed E-state index contributed by atoms with van der Waals surface area (Å²) in [6.45, 7) is 5.77. The van der Waals surface area contributed by atoms with E-state index in [1.165, 1.54) is 24.1 Å². The average molecular weight is 307 g/mol. The molecule has 2 rings (SSSR count). The van der Waals surface area contributed by atoms with E-state index in [9.17, 15) is 0 Å². The fourth-order valence-electron chi connectivity index (χ4n) is 3.02. The fourth-order valence-corrected chi connectivity index (χ4v) is 3.17. The molecule has 1 aromatic heterocycles. The van der Waals surface area contributed by atoms with Crippen LogP contribution in [0.15, 0.2) is 6.07 Å². The highest BCUT2D eigenvalue weighted by molar-refractivity contribution is 7.80. The summed E-state index contributed by atoms with van der Waals surface area (Å²) in [5.74, 6) is 0.912. The summed E-state index contributed by atoms with van der Waals surface area (Å²) < 4.78 is 5.29. The number of anilines is 1. The van der Waals surface area contributed by atoms with Crippen molar-refractivity contribution in [1.82, 2.24) is 4.98 Å². The number of methoxy groups -OCH3 is 1. The number of nitrogens with two attached hydrogens (primary N) is 1. The standard InChI is InChI=1S/C16H25N3OS/c1-4-19(11(2)10-20-3)16-13(15(17)21)9-12-7-5-6-8-14(12)18-16/h9,11H,4-8,10H2,1-3H3,(H2,17,21). The number of rotatable bonds is 6. The monoisotopic (exact) mass is 307 g/mol. The van der Waals surface area contributed by atoms with Crippen molar-refractivity contribution in [3.8, 4) is 0 Å². The highest BCUT2D eigenvalue weighted by Gasteiger charge is 2.22. The van der Waals surface area contributed by atoms with Gasteiger partial charge in [0.05, 0.1) is 18.2 Å². The first-order chi connectivity index (χ1) is 10.1. The molecule has 1 aliphatic carbocycles. The Morgan fingerprint density at radius 1 is 1.48 bits per heavy atom. The van der Waals surface area contributed by atoms with E-state index in [-0.39, 0.29) is 6.04 Å². The molecule has 0 saturated carbocycles. The second kappa shape index (κ2) is 7.18. The maximum Gasteiger partial charge on any atom is 0.139 e. The third kappa shape index (κ3) is 3.52. The Morgan fingerprint density at radius 2 is 2.19 bits per heavy atom. The van der Waals surface area contributed by atoms with Crippen molar-refractivity contribution in [2.45, 2.75) is 45.6 Å². The molecule has 0 radical (unpaired) electrons. The van der Waals surface area contributed by atoms with E-state index in [4.69, 9.17) is 27.7 Å². The van der Waals surface area contributed by atoms with Crippen molar-refractivity contribution >= 4 is 23.0 Å². The van der Waals surface area contributed by atoms with Crippen LogP contribution in [0.25, 0.3) is 0 Å². The third-order valence-corrected chi connectivity index (χ3v) is 4.32. The quantitative estimate of drug-likeness (QED) is 0.818. The normalized spacial score (nSPS) is 15.4. The van der Waals surface area contributed by atoms with Crippen molar-refractivity contribution in [1.29, 1.82) is 0 Å². The van der Waals surface area contributed by atoms with Crippen LogP contribution in [0, 0.1) is 0 Å². The number of fused-ring (bicyclic) bond motifs is 1. The lowest BCUT2D eigenvalue weighted by atomic mass is 9.94. The van der Waals surface area contributed by atoms with Crippen molar-refractivity contribution < 1.29 is 4.74 Å². The second-order valence-corrected chi connectivity index (χ2v) is 6.07. The van der Waals surface area contributed by atoms with Gasteiger partial charge in [-0.3, -0.25) is 0 Å². The van der Waals surface area contributed by atoms with Crippen LogP contribution in [0.1, 0.15) is 43.5 Å². The Kier molecular flexibility index (Phi) is 5.53. The molecule has 4 nitrogen and oxygen atoms in total. The summed E-state index contributed by atoms with van der Waals surface area (Å²) in [4.78, 5) is 7.57. The lowest BCUT2D eigenvalue weighted by Gasteiger charge is -2.31. The van der Waals surface area contributed by atoms with Crippen LogP contribution in [0.4, 0.5) is 5.82 Å². The first-order valence-corrected chi connectivity index (χ1v) is 8.07. The molecule has 0 bridgehead atoms. The van der Waals surface area contributed by atoms with Gasteiger partial charge in [0.1, 0.15) is 10.8 Å². The highest BCUT2D eigenvalue weighted by Crippen LogP contribution is 2.28. The van der Waals surface area contributed by atoms with E-state index in [1.807, 2.05) is 0 Å². The van der Waals surface area contributed by atoms with Crippen LogP contribution < -0.4 is 10.6 Å². The van der Waals surface area contributed by atoms with Gasteiger partial charge in [0.2, 0.25) is 0 Å². The molecule has 5 heteroatoms. The van der Waals surface area contributed by atoms with Gasteiger partial charge >= 0.3 is 0 Å². The summed E-state index contributed by atoms with van der Waals surface area (Å²) in [6.07, 6.45) is 4.57. The molecule has 0 saturated heterocycles. The first kappa shape index (κ1) is 16.2. The molecule has 0 spiro atoms. The summed E-state index contributed by atoms with van der Waals surface area (Å²) >= 11 is 5.25. The number of pyridine rings is 1. The van der Waals surface area contributed by atoms with Crippen molar-refractivity contribution in [2.24, 2.45) is 5.73 Å². The van der Waals surface area contributed by atoms with Crippen LogP contribution in [-0.4, -0.2) is 36.3 Å². The Labute approximate surface area is 132 Å². The summed E-state index contributed by atoms with van der Waals surface area (Å²) in [7, 11) is 1.72. The van der Waals surface area contributed by atoms with Crippen LogP contribution in [0.5, 0.6) is 0 Å². The topological polar surface area (TPSA) is 51.4 Å². The van der Waals surface area contributed by atoms with Gasteiger partial charge in [-0.2, -0.15) is 0 Å². The molecule has 0 aromatic carbocycles. The zero-order valence-corrected chi connectivity index (χ0v) is 14.0. The number of thiocarbonyl (C=S) groups is 1. The number of hydrogen-bond donors (Lipinski definition) is 1. The van der Waals surface area contributed by atoms with Gasteiger partial charge in [-0.1, -0.05) is 12.2 Å². The van der Waals surface area contributed by atoms with Gasteiger partial charge in [-0.25, -0.2) is 4.98 Å². The van der Waals surface area contributed by atoms with E-state index in [2.05, 4.69) is 24.8 Å². The maximum absolute atomic E-state index is 5.95. The molecule has 0 aliphatic heterocycles. The molecule has 2 N–H and O–H groups in total. The van der Waals surface area contributed by atoms with E-state index < -0.39 is 0 Å². The van der Waals surface area contributed by atoms with E-state index in [0.717, 1.165) is 30.8 Å². The second-order valence-electron chi connectivity index (χ2n) is 5.63. The summed E-state index contributed by atoms with van der Waals surface area (Å²) in [5, 5.41) is 0. The Bertz CT molecular complexity index is 518. The lowest BCUT2D eigenvalue weighted by molar-refractivity contribution is 0.181. The van der Waals surface area contributed by atoms with Gasteiger partial charge < -0.3 is 15.4 Å². The fraction of sp³-hybridized carbons (Fsp3) is 0.625. The first-order valence-electron chi connectivity index (χ1n) is 7.66. The molecular weight excluding hydrogens is 282 g/mol. The van der Waals surface area contributed by atoms with Crippen molar-refractivity contribution in [3.05, 3.63) is 22.9 Å². The molecule has 1 atom stereocenters. The smallest absolute Gasteiger partial charge is 0.139 e. The predicted octanol–water partition coefficient (Wildman–Crippen LogP) is 2.46. The lowest BCUT2D eigenvalue weighted by Crippen LogP contribution is -2.38. The van der Waals surface area contributed by atoms with Gasteiger partial charge in [0.25, 0.3) is 0 Å². The zero-order valence-electron chi connectivity index (χ0n) is 13.2. The minimum atomic E-state index is 0.238.